The van der Waals surface area contributed by atoms with E-state index >= 15 is 0 Å². The van der Waals surface area contributed by atoms with Gasteiger partial charge < -0.3 is 28.4 Å². The molecule has 1 spiro atoms. The summed E-state index contributed by atoms with van der Waals surface area (Å²) in [6.07, 6.45) is 4.25. The molecule has 3 aromatic carbocycles. The average molecular weight is 533 g/mol. The molecule has 2 aliphatic heterocycles. The van der Waals surface area contributed by atoms with E-state index in [2.05, 4.69) is 24.3 Å². The predicted molar refractivity (Wildman–Crippen MR) is 149 cm³/mol. The van der Waals surface area contributed by atoms with Crippen LogP contribution in [0.3, 0.4) is 0 Å². The van der Waals surface area contributed by atoms with Crippen molar-refractivity contribution in [3.63, 3.8) is 0 Å². The maximum absolute atomic E-state index is 6.66. The highest BCUT2D eigenvalue weighted by Gasteiger charge is 2.46. The summed E-state index contributed by atoms with van der Waals surface area (Å²) in [6.45, 7) is 2.71. The molecule has 0 unspecified atom stereocenters. The van der Waals surface area contributed by atoms with Crippen molar-refractivity contribution in [2.45, 2.75) is 76.0 Å². The van der Waals surface area contributed by atoms with Gasteiger partial charge in [-0.15, -0.1) is 0 Å². The smallest absolute Gasteiger partial charge is 0.171 e. The monoisotopic (exact) mass is 532 g/mol. The quantitative estimate of drug-likeness (QED) is 0.267. The molecule has 4 atom stereocenters. The molecule has 0 aliphatic carbocycles. The van der Waals surface area contributed by atoms with Crippen LogP contribution in [-0.4, -0.2) is 44.4 Å². The lowest BCUT2D eigenvalue weighted by molar-refractivity contribution is -0.338. The van der Waals surface area contributed by atoms with Gasteiger partial charge in [0.2, 0.25) is 0 Å². The molecule has 0 N–H and O–H groups in total. The van der Waals surface area contributed by atoms with Crippen LogP contribution in [-0.2, 0) is 43.5 Å². The van der Waals surface area contributed by atoms with Crippen molar-refractivity contribution in [3.8, 4) is 5.75 Å². The van der Waals surface area contributed by atoms with E-state index in [4.69, 9.17) is 28.4 Å². The maximum atomic E-state index is 6.66. The van der Waals surface area contributed by atoms with Gasteiger partial charge >= 0.3 is 0 Å². The minimum absolute atomic E-state index is 0.0178. The number of hydrogen-bond donors (Lipinski definition) is 0. The molecule has 6 nitrogen and oxygen atoms in total. The Hall–Kier alpha value is -2.74. The summed E-state index contributed by atoms with van der Waals surface area (Å²) in [5, 5.41) is 0. The van der Waals surface area contributed by atoms with Crippen LogP contribution in [0.2, 0.25) is 0 Å². The van der Waals surface area contributed by atoms with Crippen molar-refractivity contribution in [1.82, 2.24) is 0 Å². The lowest BCUT2D eigenvalue weighted by Gasteiger charge is -2.48. The van der Waals surface area contributed by atoms with E-state index < -0.39 is 5.79 Å². The molecule has 0 bridgehead atoms. The Bertz CT molecular complexity index is 1110. The van der Waals surface area contributed by atoms with Gasteiger partial charge in [-0.2, -0.15) is 0 Å². The average Bonchev–Trinajstić information content (AvgIpc) is 2.97. The lowest BCUT2D eigenvalue weighted by Crippen LogP contribution is -2.53. The first kappa shape index (κ1) is 27.8. The van der Waals surface area contributed by atoms with Gasteiger partial charge in [0.15, 0.2) is 5.79 Å². The van der Waals surface area contributed by atoms with Gasteiger partial charge in [-0.05, 0) is 41.7 Å². The molecule has 2 aliphatic rings. The number of hydrogen-bond acceptors (Lipinski definition) is 6. The van der Waals surface area contributed by atoms with Crippen molar-refractivity contribution < 1.29 is 28.4 Å². The molecule has 3 aromatic rings. The van der Waals surface area contributed by atoms with E-state index in [1.807, 2.05) is 60.7 Å². The topological polar surface area (TPSA) is 55.4 Å². The van der Waals surface area contributed by atoms with Crippen LogP contribution in [0.25, 0.3) is 0 Å². The van der Waals surface area contributed by atoms with Gasteiger partial charge in [-0.3, -0.25) is 0 Å². The highest BCUT2D eigenvalue weighted by Crippen LogP contribution is 2.40. The standard InChI is InChI=1S/C33H40O6/c1-34-29-16-14-28(15-17-29)22-35-24-30-13-8-18-33(38-30)20-31(37-23-27-11-6-3-7-12-27)19-32(39-33)25-36-21-26-9-4-2-5-10-26/h2-7,9-12,14-17,30-32H,8,13,18-25H2,1H3/t30-,31-,32+,33+/m1/s1. The fourth-order valence-corrected chi connectivity index (χ4v) is 5.43. The molecular formula is C33H40O6. The second-order valence-corrected chi connectivity index (χ2v) is 10.5. The summed E-state index contributed by atoms with van der Waals surface area (Å²) in [6, 6.07) is 28.5. The second kappa shape index (κ2) is 14.1. The Morgan fingerprint density at radius 2 is 1.31 bits per heavy atom. The van der Waals surface area contributed by atoms with E-state index in [1.54, 1.807) is 7.11 Å². The van der Waals surface area contributed by atoms with E-state index in [-0.39, 0.29) is 18.3 Å². The third-order valence-corrected chi connectivity index (χ3v) is 7.39. The highest BCUT2D eigenvalue weighted by molar-refractivity contribution is 5.26. The summed E-state index contributed by atoms with van der Waals surface area (Å²) < 4.78 is 37.1. The van der Waals surface area contributed by atoms with Crippen LogP contribution in [0.1, 0.15) is 48.8 Å². The third-order valence-electron chi connectivity index (χ3n) is 7.39. The normalized spacial score (nSPS) is 25.0. The second-order valence-electron chi connectivity index (χ2n) is 10.5. The molecule has 5 rings (SSSR count). The van der Waals surface area contributed by atoms with Gasteiger partial charge in [0.25, 0.3) is 0 Å². The van der Waals surface area contributed by atoms with Crippen molar-refractivity contribution >= 4 is 0 Å². The molecule has 0 aromatic heterocycles. The molecule has 2 fully saturated rings. The predicted octanol–water partition coefficient (Wildman–Crippen LogP) is 6.46. The lowest BCUT2D eigenvalue weighted by atomic mass is 9.91. The molecule has 39 heavy (non-hydrogen) atoms. The van der Waals surface area contributed by atoms with Gasteiger partial charge in [-0.1, -0.05) is 72.8 Å². The van der Waals surface area contributed by atoms with Gasteiger partial charge in [0.05, 0.1) is 58.5 Å². The first-order valence-corrected chi connectivity index (χ1v) is 14.0. The fourth-order valence-electron chi connectivity index (χ4n) is 5.43. The molecule has 2 heterocycles. The summed E-state index contributed by atoms with van der Waals surface area (Å²) in [5.74, 6) is 0.171. The first-order chi connectivity index (χ1) is 19.2. The highest BCUT2D eigenvalue weighted by atomic mass is 16.7. The van der Waals surface area contributed by atoms with E-state index in [9.17, 15) is 0 Å². The minimum atomic E-state index is -0.674. The Kier molecular flexibility index (Phi) is 10.0. The first-order valence-electron chi connectivity index (χ1n) is 14.0. The van der Waals surface area contributed by atoms with Crippen molar-refractivity contribution in [1.29, 1.82) is 0 Å². The molecule has 0 saturated carbocycles. The Morgan fingerprint density at radius 3 is 1.97 bits per heavy atom. The van der Waals surface area contributed by atoms with Gasteiger partial charge in [0, 0.05) is 19.3 Å². The van der Waals surface area contributed by atoms with Crippen LogP contribution in [0.4, 0.5) is 0 Å². The summed E-state index contributed by atoms with van der Waals surface area (Å²) >= 11 is 0. The van der Waals surface area contributed by atoms with Crippen molar-refractivity contribution in [2.75, 3.05) is 20.3 Å². The van der Waals surface area contributed by atoms with E-state index in [0.717, 1.165) is 42.6 Å². The van der Waals surface area contributed by atoms with Crippen LogP contribution >= 0.6 is 0 Å². The largest absolute Gasteiger partial charge is 0.497 e. The molecule has 208 valence electrons. The van der Waals surface area contributed by atoms with Crippen LogP contribution in [0, 0.1) is 0 Å². The summed E-state index contributed by atoms with van der Waals surface area (Å²) in [7, 11) is 1.67. The molecule has 2 saturated heterocycles. The van der Waals surface area contributed by atoms with Crippen LogP contribution in [0.15, 0.2) is 84.9 Å². The number of benzene rings is 3. The van der Waals surface area contributed by atoms with Gasteiger partial charge in [-0.25, -0.2) is 0 Å². The van der Waals surface area contributed by atoms with Gasteiger partial charge in [0.1, 0.15) is 5.75 Å². The molecule has 6 heteroatoms. The fraction of sp³-hybridized carbons (Fsp3) is 0.455. The zero-order chi connectivity index (χ0) is 26.8. The number of rotatable bonds is 12. The third kappa shape index (κ3) is 8.37. The maximum Gasteiger partial charge on any atom is 0.171 e. The van der Waals surface area contributed by atoms with Crippen molar-refractivity contribution in [2.24, 2.45) is 0 Å². The summed E-state index contributed by atoms with van der Waals surface area (Å²) in [4.78, 5) is 0. The number of methoxy groups -OCH3 is 1. The van der Waals surface area contributed by atoms with E-state index in [0.29, 0.717) is 39.5 Å². The molecular weight excluding hydrogens is 492 g/mol. The molecule has 0 radical (unpaired) electrons. The Morgan fingerprint density at radius 1 is 0.718 bits per heavy atom. The van der Waals surface area contributed by atoms with Crippen molar-refractivity contribution in [3.05, 3.63) is 102 Å². The number of ether oxygens (including phenoxy) is 6. The zero-order valence-electron chi connectivity index (χ0n) is 22.8. The summed E-state index contributed by atoms with van der Waals surface area (Å²) in [5.41, 5.74) is 3.44. The SMILES string of the molecule is COc1ccc(COC[C@H]2CCC[C@]3(C[C@H](OCc4ccccc4)C[C@@H](COCc4ccccc4)O3)O2)cc1. The molecule has 0 amide bonds. The van der Waals surface area contributed by atoms with E-state index in [1.165, 1.54) is 5.56 Å². The Labute approximate surface area is 232 Å². The minimum Gasteiger partial charge on any atom is -0.497 e. The zero-order valence-corrected chi connectivity index (χ0v) is 22.8. The Balaban J connectivity index is 1.18. The van der Waals surface area contributed by atoms with Crippen LogP contribution in [0.5, 0.6) is 5.75 Å². The van der Waals surface area contributed by atoms with Crippen LogP contribution < -0.4 is 4.74 Å².